The molecule has 0 amide bonds. The van der Waals surface area contributed by atoms with Crippen LogP contribution in [0.1, 0.15) is 40.0 Å². The van der Waals surface area contributed by atoms with E-state index in [1.54, 1.807) is 12.1 Å². The lowest BCUT2D eigenvalue weighted by atomic mass is 10.1. The van der Waals surface area contributed by atoms with Gasteiger partial charge in [0.15, 0.2) is 0 Å². The third-order valence-electron chi connectivity index (χ3n) is 6.83. The molecule has 0 aliphatic carbocycles. The molecule has 13 heteroatoms. The number of ether oxygens (including phenoxy) is 1. The van der Waals surface area contributed by atoms with Crippen molar-refractivity contribution in [2.24, 2.45) is 7.05 Å². The Morgan fingerprint density at radius 1 is 1.07 bits per heavy atom. The Balaban J connectivity index is 1.93. The number of carbonyl (C=O) groups excluding carboxylic acids is 1. The predicted molar refractivity (Wildman–Crippen MR) is 152 cm³/mol. The lowest BCUT2D eigenvalue weighted by molar-refractivity contribution is -0.137. The Morgan fingerprint density at radius 3 is 2.40 bits per heavy atom. The van der Waals surface area contributed by atoms with E-state index in [1.807, 2.05) is 25.1 Å². The lowest BCUT2D eigenvalue weighted by Crippen LogP contribution is -2.40. The summed E-state index contributed by atoms with van der Waals surface area (Å²) in [5, 5.41) is 13.5. The molecular formula is C30H29F3N6O4. The van der Waals surface area contributed by atoms with Gasteiger partial charge in [0.05, 0.1) is 52.6 Å². The number of nitrogens with zero attached hydrogens (tertiary/aromatic N) is 6. The molecule has 0 atom stereocenters. The maximum atomic E-state index is 13.7. The summed E-state index contributed by atoms with van der Waals surface area (Å²) in [7, 11) is 5.05. The molecule has 2 aromatic carbocycles. The van der Waals surface area contributed by atoms with Crippen LogP contribution < -0.4 is 11.2 Å². The van der Waals surface area contributed by atoms with Gasteiger partial charge in [0.25, 0.3) is 5.56 Å². The number of alkyl halides is 3. The van der Waals surface area contributed by atoms with Gasteiger partial charge in [0, 0.05) is 12.7 Å². The lowest BCUT2D eigenvalue weighted by Gasteiger charge is -2.18. The molecule has 0 bridgehead atoms. The summed E-state index contributed by atoms with van der Waals surface area (Å²) in [5.74, 6) is -0.766. The Bertz CT molecular complexity index is 1810. The molecule has 0 saturated carbocycles. The highest BCUT2D eigenvalue weighted by Gasteiger charge is 2.32. The minimum absolute atomic E-state index is 0.0112. The quantitative estimate of drug-likeness (QED) is 0.212. The van der Waals surface area contributed by atoms with Crippen molar-refractivity contribution in [3.05, 3.63) is 98.0 Å². The van der Waals surface area contributed by atoms with Crippen LogP contribution in [0.4, 0.5) is 13.2 Å². The number of rotatable bonds is 9. The van der Waals surface area contributed by atoms with Crippen LogP contribution in [0, 0.1) is 18.3 Å². The van der Waals surface area contributed by atoms with Gasteiger partial charge in [-0.15, -0.1) is 0 Å². The van der Waals surface area contributed by atoms with Crippen molar-refractivity contribution in [2.75, 3.05) is 27.2 Å². The highest BCUT2D eigenvalue weighted by atomic mass is 19.4. The zero-order valence-corrected chi connectivity index (χ0v) is 24.0. The van der Waals surface area contributed by atoms with E-state index < -0.39 is 29.0 Å². The molecule has 0 fully saturated rings. The average Bonchev–Trinajstić information content (AvgIpc) is 3.40. The largest absolute Gasteiger partial charge is 0.462 e. The molecular weight excluding hydrogens is 565 g/mol. The van der Waals surface area contributed by atoms with E-state index in [2.05, 4.69) is 5.10 Å². The van der Waals surface area contributed by atoms with E-state index in [-0.39, 0.29) is 34.8 Å². The van der Waals surface area contributed by atoms with Gasteiger partial charge in [-0.1, -0.05) is 6.07 Å². The highest BCUT2D eigenvalue weighted by Crippen LogP contribution is 2.32. The van der Waals surface area contributed by atoms with Gasteiger partial charge in [0.2, 0.25) is 0 Å². The maximum absolute atomic E-state index is 13.7. The molecule has 0 aliphatic rings. The zero-order valence-electron chi connectivity index (χ0n) is 24.0. The summed E-state index contributed by atoms with van der Waals surface area (Å²) in [6, 6.07) is 12.4. The summed E-state index contributed by atoms with van der Waals surface area (Å²) < 4.78 is 49.1. The molecule has 0 N–H and O–H groups in total. The molecule has 10 nitrogen and oxygen atoms in total. The normalized spacial score (nSPS) is 11.5. The van der Waals surface area contributed by atoms with E-state index in [1.165, 1.54) is 43.0 Å². The highest BCUT2D eigenvalue weighted by molar-refractivity contribution is 5.96. The summed E-state index contributed by atoms with van der Waals surface area (Å²) in [5.41, 5.74) is -2.26. The van der Waals surface area contributed by atoms with Crippen molar-refractivity contribution in [1.29, 1.82) is 5.26 Å². The predicted octanol–water partition coefficient (Wildman–Crippen LogP) is 4.09. The fourth-order valence-electron chi connectivity index (χ4n) is 4.60. The van der Waals surface area contributed by atoms with Crippen LogP contribution in [0.15, 0.2) is 64.3 Å². The van der Waals surface area contributed by atoms with E-state index in [9.17, 15) is 32.8 Å². The molecule has 0 radical (unpaired) electrons. The Kier molecular flexibility index (Phi) is 9.01. The zero-order chi connectivity index (χ0) is 31.5. The van der Waals surface area contributed by atoms with Crippen LogP contribution in [-0.2, 0) is 18.0 Å². The Morgan fingerprint density at radius 2 is 1.77 bits per heavy atom. The monoisotopic (exact) mass is 594 g/mol. The number of benzene rings is 2. The summed E-state index contributed by atoms with van der Waals surface area (Å²) in [6.07, 6.45) is -2.08. The van der Waals surface area contributed by atoms with Crippen molar-refractivity contribution < 1.29 is 22.7 Å². The van der Waals surface area contributed by atoms with E-state index >= 15 is 0 Å². The molecule has 0 aliphatic heterocycles. The second kappa shape index (κ2) is 12.5. The molecule has 224 valence electrons. The first-order valence-electron chi connectivity index (χ1n) is 13.3. The maximum Gasteiger partial charge on any atom is 0.416 e. The number of carbonyl (C=O) groups is 1. The second-order valence-corrected chi connectivity index (χ2v) is 10.1. The van der Waals surface area contributed by atoms with Gasteiger partial charge in [-0.3, -0.25) is 13.9 Å². The molecule has 2 aromatic heterocycles. The van der Waals surface area contributed by atoms with Crippen molar-refractivity contribution >= 4 is 5.97 Å². The molecule has 4 rings (SSSR count). The van der Waals surface area contributed by atoms with E-state index in [0.29, 0.717) is 17.7 Å². The number of hydrogen-bond acceptors (Lipinski definition) is 7. The minimum atomic E-state index is -4.67. The first-order chi connectivity index (χ1) is 20.3. The molecule has 2 heterocycles. The fraction of sp³-hybridized carbons (Fsp3) is 0.300. The third kappa shape index (κ3) is 6.44. The topological polar surface area (TPSA) is 115 Å². The third-order valence-corrected chi connectivity index (χ3v) is 6.83. The minimum Gasteiger partial charge on any atom is -0.462 e. The molecule has 43 heavy (non-hydrogen) atoms. The fourth-order valence-corrected chi connectivity index (χ4v) is 4.60. The van der Waals surface area contributed by atoms with Crippen LogP contribution in [0.2, 0.25) is 0 Å². The number of esters is 1. The van der Waals surface area contributed by atoms with Gasteiger partial charge >= 0.3 is 17.8 Å². The summed E-state index contributed by atoms with van der Waals surface area (Å²) in [4.78, 5) is 42.3. The summed E-state index contributed by atoms with van der Waals surface area (Å²) in [6.45, 7) is 2.31. The Hall–Kier alpha value is -4.96. The van der Waals surface area contributed by atoms with Crippen LogP contribution in [0.5, 0.6) is 0 Å². The SMILES string of the molecule is Cc1c(-c2c(C(=O)OCCCCN(C)C)cnn2-c2ccc(C#N)cc2)c(=O)n(C)c(=O)n1-c1cccc(C(F)(F)F)c1. The standard InChI is InChI=1S/C30H29F3N6O4/c1-19-25(27(40)37(4)29(42)38(19)23-9-7-8-21(16-23)30(31,32)33)26-24(28(41)43-15-6-5-14-36(2)3)18-35-39(26)22-12-10-20(17-34)11-13-22/h7-13,16,18H,5-6,14-15H2,1-4H3. The Labute approximate surface area is 244 Å². The first kappa shape index (κ1) is 31.0. The van der Waals surface area contributed by atoms with Gasteiger partial charge in [0.1, 0.15) is 5.56 Å². The number of aromatic nitrogens is 4. The van der Waals surface area contributed by atoms with Crippen molar-refractivity contribution in [3.63, 3.8) is 0 Å². The van der Waals surface area contributed by atoms with Crippen LogP contribution >= 0.6 is 0 Å². The number of unbranched alkanes of at least 4 members (excludes halogenated alkanes) is 1. The molecule has 0 spiro atoms. The van der Waals surface area contributed by atoms with Crippen molar-refractivity contribution in [3.8, 4) is 28.7 Å². The van der Waals surface area contributed by atoms with Crippen LogP contribution in [-0.4, -0.2) is 57.0 Å². The number of nitriles is 1. The van der Waals surface area contributed by atoms with Gasteiger partial charge in [-0.2, -0.15) is 23.5 Å². The van der Waals surface area contributed by atoms with E-state index in [0.717, 1.165) is 40.3 Å². The van der Waals surface area contributed by atoms with Crippen molar-refractivity contribution in [1.82, 2.24) is 23.8 Å². The second-order valence-electron chi connectivity index (χ2n) is 10.1. The van der Waals surface area contributed by atoms with E-state index in [4.69, 9.17) is 4.74 Å². The van der Waals surface area contributed by atoms with Gasteiger partial charge in [-0.25, -0.2) is 14.3 Å². The number of halogens is 3. The number of hydrogen-bond donors (Lipinski definition) is 0. The smallest absolute Gasteiger partial charge is 0.416 e. The summed E-state index contributed by atoms with van der Waals surface area (Å²) >= 11 is 0. The average molecular weight is 595 g/mol. The van der Waals surface area contributed by atoms with Gasteiger partial charge in [-0.05, 0) is 82.9 Å². The first-order valence-corrected chi connectivity index (χ1v) is 13.3. The van der Waals surface area contributed by atoms with Crippen molar-refractivity contribution in [2.45, 2.75) is 25.9 Å². The van der Waals surface area contributed by atoms with Crippen LogP contribution in [0.25, 0.3) is 22.6 Å². The molecule has 0 unspecified atom stereocenters. The molecule has 0 saturated heterocycles. The molecule has 4 aromatic rings. The van der Waals surface area contributed by atoms with Gasteiger partial charge < -0.3 is 9.64 Å². The van der Waals surface area contributed by atoms with Crippen LogP contribution in [0.3, 0.4) is 0 Å².